The lowest BCUT2D eigenvalue weighted by atomic mass is 9.79. The summed E-state index contributed by atoms with van der Waals surface area (Å²) in [6, 6.07) is -0.0515. The summed E-state index contributed by atoms with van der Waals surface area (Å²) in [5, 5.41) is 2.79. The molecule has 1 rings (SSSR count). The molecule has 0 bridgehead atoms. The van der Waals surface area contributed by atoms with Crippen molar-refractivity contribution in [3.05, 3.63) is 0 Å². The van der Waals surface area contributed by atoms with Crippen molar-refractivity contribution in [3.63, 3.8) is 0 Å². The Hall–Kier alpha value is -0.620. The van der Waals surface area contributed by atoms with E-state index < -0.39 is 26.8 Å². The number of sulfone groups is 1. The molecule has 0 aromatic carbocycles. The van der Waals surface area contributed by atoms with E-state index in [0.29, 0.717) is 18.3 Å². The maximum absolute atomic E-state index is 12.6. The summed E-state index contributed by atoms with van der Waals surface area (Å²) in [7, 11) is -3.48. The molecule has 1 aliphatic rings. The molecule has 1 fully saturated rings. The van der Waals surface area contributed by atoms with Gasteiger partial charge in [-0.1, -0.05) is 20.8 Å². The van der Waals surface area contributed by atoms with E-state index >= 15 is 0 Å². The number of rotatable bonds is 7. The number of nitrogens with one attached hydrogen (secondary N) is 1. The first kappa shape index (κ1) is 18.4. The van der Waals surface area contributed by atoms with Gasteiger partial charge in [-0.25, -0.2) is 8.42 Å². The van der Waals surface area contributed by atoms with Gasteiger partial charge in [0.05, 0.1) is 11.9 Å². The van der Waals surface area contributed by atoms with E-state index in [-0.39, 0.29) is 12.6 Å². The van der Waals surface area contributed by atoms with Gasteiger partial charge in [-0.05, 0) is 44.6 Å². The number of ether oxygens (including phenoxy) is 1. The van der Waals surface area contributed by atoms with Crippen molar-refractivity contribution < 1.29 is 17.9 Å². The van der Waals surface area contributed by atoms with Crippen molar-refractivity contribution in [2.75, 3.05) is 18.9 Å². The Bertz CT molecular complexity index is 433. The molecule has 21 heavy (non-hydrogen) atoms. The van der Waals surface area contributed by atoms with E-state index in [1.54, 1.807) is 6.92 Å². The number of carbonyl (C=O) groups excluding carboxylic acids is 1. The number of carbonyl (C=O) groups is 1. The molecule has 124 valence electrons. The zero-order valence-electron chi connectivity index (χ0n) is 13.6. The number of hydrogen-bond acceptors (Lipinski definition) is 5. The van der Waals surface area contributed by atoms with E-state index in [2.05, 4.69) is 19.2 Å². The molecule has 0 spiro atoms. The van der Waals surface area contributed by atoms with Crippen LogP contribution in [0.1, 0.15) is 47.0 Å². The Morgan fingerprint density at radius 3 is 2.48 bits per heavy atom. The van der Waals surface area contributed by atoms with E-state index in [0.717, 1.165) is 19.4 Å². The van der Waals surface area contributed by atoms with Crippen molar-refractivity contribution >= 4 is 15.8 Å². The predicted octanol–water partition coefficient (Wildman–Crippen LogP) is 1.77. The number of hydrogen-bond donors (Lipinski definition) is 1. The molecular weight excluding hydrogens is 290 g/mol. The summed E-state index contributed by atoms with van der Waals surface area (Å²) in [4.78, 5) is 11.6. The molecule has 3 unspecified atom stereocenters. The van der Waals surface area contributed by atoms with Crippen molar-refractivity contribution in [2.24, 2.45) is 11.8 Å². The zero-order chi connectivity index (χ0) is 16.0. The molecule has 5 nitrogen and oxygen atoms in total. The van der Waals surface area contributed by atoms with Gasteiger partial charge in [0.2, 0.25) is 0 Å². The molecule has 0 saturated heterocycles. The van der Waals surface area contributed by atoms with Crippen molar-refractivity contribution in [2.45, 2.75) is 58.2 Å². The van der Waals surface area contributed by atoms with Gasteiger partial charge >= 0.3 is 5.97 Å². The van der Waals surface area contributed by atoms with Gasteiger partial charge in [0.1, 0.15) is 5.75 Å². The summed E-state index contributed by atoms with van der Waals surface area (Å²) in [6.07, 6.45) is 2.53. The van der Waals surface area contributed by atoms with Crippen LogP contribution in [0.2, 0.25) is 0 Å². The maximum atomic E-state index is 12.6. The SMILES string of the molecule is CCNC1CCC(C(C)C)CC1S(=O)(=O)CC(=O)OCC. The van der Waals surface area contributed by atoms with Gasteiger partial charge in [0.15, 0.2) is 9.84 Å². The van der Waals surface area contributed by atoms with Crippen LogP contribution in [-0.2, 0) is 19.4 Å². The highest BCUT2D eigenvalue weighted by molar-refractivity contribution is 7.92. The summed E-state index contributed by atoms with van der Waals surface area (Å²) in [5.74, 6) is -0.271. The molecule has 0 aromatic rings. The van der Waals surface area contributed by atoms with E-state index in [9.17, 15) is 13.2 Å². The molecule has 0 heterocycles. The molecule has 1 aliphatic carbocycles. The second-order valence-corrected chi connectivity index (χ2v) is 8.35. The average molecular weight is 319 g/mol. The van der Waals surface area contributed by atoms with Crippen LogP contribution in [-0.4, -0.2) is 44.6 Å². The Labute approximate surface area is 128 Å². The maximum Gasteiger partial charge on any atom is 0.321 e. The third-order valence-electron chi connectivity index (χ3n) is 4.33. The van der Waals surface area contributed by atoms with Crippen LogP contribution >= 0.6 is 0 Å². The van der Waals surface area contributed by atoms with Gasteiger partial charge in [0.25, 0.3) is 0 Å². The molecule has 1 N–H and O–H groups in total. The first-order valence-corrected chi connectivity index (χ1v) is 9.63. The minimum absolute atomic E-state index is 0.0515. The molecule has 0 aliphatic heterocycles. The lowest BCUT2D eigenvalue weighted by Gasteiger charge is -2.37. The number of esters is 1. The normalized spacial score (nSPS) is 26.8. The van der Waals surface area contributed by atoms with Gasteiger partial charge in [-0.15, -0.1) is 0 Å². The quantitative estimate of drug-likeness (QED) is 0.724. The fourth-order valence-electron chi connectivity index (χ4n) is 3.13. The van der Waals surface area contributed by atoms with Crippen LogP contribution in [0, 0.1) is 11.8 Å². The van der Waals surface area contributed by atoms with E-state index in [4.69, 9.17) is 4.74 Å². The highest BCUT2D eigenvalue weighted by atomic mass is 32.2. The molecule has 0 amide bonds. The fraction of sp³-hybridized carbons (Fsp3) is 0.933. The second-order valence-electron chi connectivity index (χ2n) is 6.13. The molecule has 3 atom stereocenters. The smallest absolute Gasteiger partial charge is 0.321 e. The summed E-state index contributed by atoms with van der Waals surface area (Å²) < 4.78 is 30.0. The highest BCUT2D eigenvalue weighted by Gasteiger charge is 2.40. The zero-order valence-corrected chi connectivity index (χ0v) is 14.4. The lowest BCUT2D eigenvalue weighted by molar-refractivity contribution is -0.139. The first-order chi connectivity index (χ1) is 9.81. The van der Waals surface area contributed by atoms with Crippen molar-refractivity contribution in [3.8, 4) is 0 Å². The van der Waals surface area contributed by atoms with Gasteiger partial charge in [-0.2, -0.15) is 0 Å². The molecule has 0 radical (unpaired) electrons. The molecular formula is C15H29NO4S. The third kappa shape index (κ3) is 5.25. The largest absolute Gasteiger partial charge is 0.465 e. The van der Waals surface area contributed by atoms with E-state index in [1.165, 1.54) is 0 Å². The monoisotopic (exact) mass is 319 g/mol. The Morgan fingerprint density at radius 2 is 1.95 bits per heavy atom. The minimum Gasteiger partial charge on any atom is -0.465 e. The summed E-state index contributed by atoms with van der Waals surface area (Å²) in [5.41, 5.74) is 0. The van der Waals surface area contributed by atoms with Crippen LogP contribution in [0.25, 0.3) is 0 Å². The third-order valence-corrected chi connectivity index (χ3v) is 6.41. The van der Waals surface area contributed by atoms with Crippen LogP contribution in [0.4, 0.5) is 0 Å². The van der Waals surface area contributed by atoms with E-state index in [1.807, 2.05) is 6.92 Å². The minimum atomic E-state index is -3.48. The van der Waals surface area contributed by atoms with Crippen LogP contribution in [0.15, 0.2) is 0 Å². The summed E-state index contributed by atoms with van der Waals surface area (Å²) in [6.45, 7) is 8.87. The first-order valence-electron chi connectivity index (χ1n) is 7.92. The van der Waals surface area contributed by atoms with Crippen LogP contribution in [0.5, 0.6) is 0 Å². The lowest BCUT2D eigenvalue weighted by Crippen LogP contribution is -2.50. The average Bonchev–Trinajstić information content (AvgIpc) is 2.38. The Kier molecular flexibility index (Phi) is 7.13. The topological polar surface area (TPSA) is 72.5 Å². The van der Waals surface area contributed by atoms with Crippen LogP contribution in [0.3, 0.4) is 0 Å². The summed E-state index contributed by atoms with van der Waals surface area (Å²) >= 11 is 0. The molecule has 0 aromatic heterocycles. The molecule has 6 heteroatoms. The van der Waals surface area contributed by atoms with Crippen molar-refractivity contribution in [1.29, 1.82) is 0 Å². The highest BCUT2D eigenvalue weighted by Crippen LogP contribution is 2.34. The van der Waals surface area contributed by atoms with Gasteiger partial charge in [-0.3, -0.25) is 4.79 Å². The molecule has 1 saturated carbocycles. The standard InChI is InChI=1S/C15H29NO4S/c1-5-16-13-8-7-12(11(3)4)9-14(13)21(18,19)10-15(17)20-6-2/h11-14,16H,5-10H2,1-4H3. The Morgan fingerprint density at radius 1 is 1.29 bits per heavy atom. The van der Waals surface area contributed by atoms with Gasteiger partial charge in [0, 0.05) is 6.04 Å². The second kappa shape index (κ2) is 8.13. The predicted molar refractivity (Wildman–Crippen MR) is 83.9 cm³/mol. The van der Waals surface area contributed by atoms with Gasteiger partial charge < -0.3 is 10.1 Å². The fourth-order valence-corrected chi connectivity index (χ4v) is 5.03. The Balaban J connectivity index is 2.87. The van der Waals surface area contributed by atoms with Crippen LogP contribution < -0.4 is 5.32 Å². The van der Waals surface area contributed by atoms with Crippen molar-refractivity contribution in [1.82, 2.24) is 5.32 Å².